The molecule has 0 aliphatic heterocycles. The van der Waals surface area contributed by atoms with Crippen molar-refractivity contribution in [3.8, 4) is 45.2 Å². The van der Waals surface area contributed by atoms with Crippen molar-refractivity contribution in [3.05, 3.63) is 151 Å². The zero-order chi connectivity index (χ0) is 28.8. The topological polar surface area (TPSA) is 38.7 Å². The van der Waals surface area contributed by atoms with Crippen LogP contribution in [0.25, 0.3) is 77.6 Å². The van der Waals surface area contributed by atoms with Crippen LogP contribution in [0.1, 0.15) is 0 Å². The van der Waals surface area contributed by atoms with Gasteiger partial charge in [0, 0.05) is 38.4 Å². The first-order valence-electron chi connectivity index (χ1n) is 14.2. The van der Waals surface area contributed by atoms with E-state index in [1.807, 2.05) is 54.6 Å². The molecule has 0 aliphatic rings. The molecule has 0 saturated heterocycles. The minimum Gasteiger partial charge on any atom is -0.247 e. The minimum absolute atomic E-state index is 0.267. The van der Waals surface area contributed by atoms with E-state index in [-0.39, 0.29) is 5.82 Å². The molecule has 0 aliphatic carbocycles. The fourth-order valence-corrected chi connectivity index (χ4v) is 5.91. The Morgan fingerprint density at radius 1 is 0.419 bits per heavy atom. The van der Waals surface area contributed by atoms with Crippen LogP contribution in [0.5, 0.6) is 0 Å². The van der Waals surface area contributed by atoms with E-state index < -0.39 is 0 Å². The van der Waals surface area contributed by atoms with Crippen molar-refractivity contribution >= 4 is 32.4 Å². The summed E-state index contributed by atoms with van der Waals surface area (Å²) in [7, 11) is 0. The zero-order valence-corrected chi connectivity index (χ0v) is 23.1. The highest BCUT2D eigenvalue weighted by atomic mass is 19.1. The molecule has 0 amide bonds. The van der Waals surface area contributed by atoms with Gasteiger partial charge in [0.1, 0.15) is 5.82 Å². The predicted octanol–water partition coefficient (Wildman–Crippen LogP) is 10.1. The second-order valence-corrected chi connectivity index (χ2v) is 10.6. The van der Waals surface area contributed by atoms with Gasteiger partial charge in [-0.15, -0.1) is 0 Å². The molecule has 0 spiro atoms. The molecule has 8 aromatic rings. The Morgan fingerprint density at radius 2 is 1.02 bits per heavy atom. The fourth-order valence-electron chi connectivity index (χ4n) is 5.91. The van der Waals surface area contributed by atoms with Gasteiger partial charge in [0.2, 0.25) is 0 Å². The van der Waals surface area contributed by atoms with Gasteiger partial charge >= 0.3 is 0 Å². The number of pyridine rings is 1. The molecule has 43 heavy (non-hydrogen) atoms. The molecule has 2 heterocycles. The molecule has 3 nitrogen and oxygen atoms in total. The van der Waals surface area contributed by atoms with E-state index >= 15 is 0 Å². The highest BCUT2D eigenvalue weighted by Crippen LogP contribution is 2.40. The first kappa shape index (κ1) is 25.0. The van der Waals surface area contributed by atoms with Crippen molar-refractivity contribution in [3.63, 3.8) is 0 Å². The quantitative estimate of drug-likeness (QED) is 0.204. The monoisotopic (exact) mass is 553 g/mol. The van der Waals surface area contributed by atoms with Crippen LogP contribution in [0.3, 0.4) is 0 Å². The summed E-state index contributed by atoms with van der Waals surface area (Å²) >= 11 is 0. The normalized spacial score (nSPS) is 11.4. The molecule has 8 rings (SSSR count). The molecule has 202 valence electrons. The Balaban J connectivity index is 1.42. The Morgan fingerprint density at radius 3 is 1.72 bits per heavy atom. The van der Waals surface area contributed by atoms with E-state index in [9.17, 15) is 4.39 Å². The first-order chi connectivity index (χ1) is 21.2. The Labute approximate surface area is 248 Å². The summed E-state index contributed by atoms with van der Waals surface area (Å²) in [6.45, 7) is 0. The number of benzene rings is 6. The van der Waals surface area contributed by atoms with E-state index in [1.165, 1.54) is 12.1 Å². The van der Waals surface area contributed by atoms with Gasteiger partial charge in [0.25, 0.3) is 0 Å². The standard InChI is InChI=1S/C39H24FN3/c40-28-20-18-27(19-21-28)38-33-23-22-29-30(37(33)32-14-7-8-17-34(32)41-38)15-9-16-31(29)39-42-35(25-10-3-1-4-11-25)24-36(43-39)26-12-5-2-6-13-26/h1-24H. The maximum Gasteiger partial charge on any atom is 0.161 e. The maximum absolute atomic E-state index is 13.8. The summed E-state index contributed by atoms with van der Waals surface area (Å²) < 4.78 is 13.8. The highest BCUT2D eigenvalue weighted by Gasteiger charge is 2.17. The third-order valence-electron chi connectivity index (χ3n) is 7.95. The molecule has 0 unspecified atom stereocenters. The molecule has 0 radical (unpaired) electrons. The van der Waals surface area contributed by atoms with Crippen molar-refractivity contribution < 1.29 is 4.39 Å². The third-order valence-corrected chi connectivity index (χ3v) is 7.95. The van der Waals surface area contributed by atoms with Gasteiger partial charge in [0.15, 0.2) is 5.82 Å². The highest BCUT2D eigenvalue weighted by molar-refractivity contribution is 6.23. The molecule has 0 N–H and O–H groups in total. The third kappa shape index (κ3) is 4.41. The van der Waals surface area contributed by atoms with E-state index in [0.29, 0.717) is 5.82 Å². The van der Waals surface area contributed by atoms with E-state index in [0.717, 1.165) is 71.8 Å². The van der Waals surface area contributed by atoms with E-state index in [4.69, 9.17) is 15.0 Å². The summed E-state index contributed by atoms with van der Waals surface area (Å²) in [5.74, 6) is 0.402. The average molecular weight is 554 g/mol. The lowest BCUT2D eigenvalue weighted by Gasteiger charge is -2.15. The molecule has 0 fully saturated rings. The van der Waals surface area contributed by atoms with Crippen LogP contribution < -0.4 is 0 Å². The van der Waals surface area contributed by atoms with Crippen LogP contribution in [-0.4, -0.2) is 15.0 Å². The van der Waals surface area contributed by atoms with Gasteiger partial charge in [-0.1, -0.05) is 109 Å². The van der Waals surface area contributed by atoms with Crippen LogP contribution in [0, 0.1) is 5.82 Å². The fraction of sp³-hybridized carbons (Fsp3) is 0. The van der Waals surface area contributed by atoms with Crippen LogP contribution in [0.4, 0.5) is 4.39 Å². The van der Waals surface area contributed by atoms with Crippen molar-refractivity contribution in [2.75, 3.05) is 0 Å². The van der Waals surface area contributed by atoms with Crippen molar-refractivity contribution in [2.45, 2.75) is 0 Å². The number of halogens is 1. The van der Waals surface area contributed by atoms with Gasteiger partial charge in [-0.3, -0.25) is 0 Å². The molecular formula is C39H24FN3. The lowest BCUT2D eigenvalue weighted by Crippen LogP contribution is -1.97. The summed E-state index contributed by atoms with van der Waals surface area (Å²) in [5, 5.41) is 5.33. The molecular weight excluding hydrogens is 529 g/mol. The zero-order valence-electron chi connectivity index (χ0n) is 23.1. The number of para-hydroxylation sites is 1. The predicted molar refractivity (Wildman–Crippen MR) is 174 cm³/mol. The maximum atomic E-state index is 13.8. The van der Waals surface area contributed by atoms with Gasteiger partial charge < -0.3 is 0 Å². The second-order valence-electron chi connectivity index (χ2n) is 10.6. The summed E-state index contributed by atoms with van der Waals surface area (Å²) in [5.41, 5.74) is 7.37. The van der Waals surface area contributed by atoms with Gasteiger partial charge in [-0.05, 0) is 47.2 Å². The van der Waals surface area contributed by atoms with Crippen molar-refractivity contribution in [1.82, 2.24) is 15.0 Å². The van der Waals surface area contributed by atoms with Gasteiger partial charge in [-0.25, -0.2) is 19.3 Å². The van der Waals surface area contributed by atoms with E-state index in [1.54, 1.807) is 12.1 Å². The van der Waals surface area contributed by atoms with Crippen LogP contribution in [0.2, 0.25) is 0 Å². The molecule has 0 atom stereocenters. The Bertz CT molecular complexity index is 2220. The second kappa shape index (κ2) is 10.3. The number of aromatic nitrogens is 3. The molecule has 0 bridgehead atoms. The summed E-state index contributed by atoms with van der Waals surface area (Å²) in [6, 6.07) is 47.8. The smallest absolute Gasteiger partial charge is 0.161 e. The average Bonchev–Trinajstić information content (AvgIpc) is 3.08. The lowest BCUT2D eigenvalue weighted by molar-refractivity contribution is 0.628. The number of fused-ring (bicyclic) bond motifs is 5. The number of nitrogens with zero attached hydrogens (tertiary/aromatic N) is 3. The van der Waals surface area contributed by atoms with Crippen molar-refractivity contribution in [1.29, 1.82) is 0 Å². The van der Waals surface area contributed by atoms with Crippen LogP contribution >= 0.6 is 0 Å². The lowest BCUT2D eigenvalue weighted by atomic mass is 9.93. The molecule has 4 heteroatoms. The Kier molecular flexibility index (Phi) is 5.97. The first-order valence-corrected chi connectivity index (χ1v) is 14.2. The van der Waals surface area contributed by atoms with Crippen molar-refractivity contribution in [2.24, 2.45) is 0 Å². The van der Waals surface area contributed by atoms with Crippen LogP contribution in [-0.2, 0) is 0 Å². The largest absolute Gasteiger partial charge is 0.247 e. The number of hydrogen-bond acceptors (Lipinski definition) is 3. The van der Waals surface area contributed by atoms with Gasteiger partial charge in [-0.2, -0.15) is 0 Å². The van der Waals surface area contributed by atoms with Crippen LogP contribution in [0.15, 0.2) is 146 Å². The summed E-state index contributed by atoms with van der Waals surface area (Å²) in [4.78, 5) is 15.2. The summed E-state index contributed by atoms with van der Waals surface area (Å²) in [6.07, 6.45) is 0. The van der Waals surface area contributed by atoms with E-state index in [2.05, 4.69) is 66.7 Å². The molecule has 6 aromatic carbocycles. The minimum atomic E-state index is -0.267. The molecule has 0 saturated carbocycles. The Hall–Kier alpha value is -5.74. The number of hydrogen-bond donors (Lipinski definition) is 0. The molecule has 2 aromatic heterocycles. The van der Waals surface area contributed by atoms with Gasteiger partial charge in [0.05, 0.1) is 22.6 Å². The number of rotatable bonds is 4. The SMILES string of the molecule is Fc1ccc(-c2nc3ccccc3c3c2ccc2c(-c4nc(-c5ccccc5)cc(-c5ccccc5)n4)cccc23)cc1.